The molecule has 0 aliphatic heterocycles. The van der Waals surface area contributed by atoms with Crippen LogP contribution in [0.25, 0.3) is 16.5 Å². The Hall–Kier alpha value is -2.10. The molecule has 0 bridgehead atoms. The summed E-state index contributed by atoms with van der Waals surface area (Å²) in [6.45, 7) is 1.65. The molecular formula is C17H15ClN2O. The van der Waals surface area contributed by atoms with E-state index in [2.05, 4.69) is 0 Å². The van der Waals surface area contributed by atoms with Crippen molar-refractivity contribution < 1.29 is 6.85 Å². The number of hydrogen-bond donors (Lipinski definition) is 1. The van der Waals surface area contributed by atoms with Gasteiger partial charge in [-0.2, -0.15) is 0 Å². The average molecular weight is 304 g/mol. The molecular weight excluding hydrogens is 284 g/mol. The summed E-state index contributed by atoms with van der Waals surface area (Å²) in [6, 6.07) is 3.45. The maximum absolute atomic E-state index is 13.2. The van der Waals surface area contributed by atoms with E-state index in [9.17, 15) is 4.79 Å². The summed E-state index contributed by atoms with van der Waals surface area (Å²) in [7, 11) is 0. The first kappa shape index (κ1) is 9.03. The number of para-hydroxylation sites is 1. The Bertz CT molecular complexity index is 1080. The highest BCUT2D eigenvalue weighted by Crippen LogP contribution is 2.24. The van der Waals surface area contributed by atoms with Gasteiger partial charge < -0.3 is 5.73 Å². The Morgan fingerprint density at radius 2 is 2.00 bits per heavy atom. The first-order chi connectivity index (χ1) is 12.2. The van der Waals surface area contributed by atoms with Crippen LogP contribution >= 0.6 is 11.6 Å². The van der Waals surface area contributed by atoms with E-state index in [0.717, 1.165) is 4.57 Å². The van der Waals surface area contributed by atoms with Crippen molar-refractivity contribution in [2.45, 2.75) is 13.0 Å². The van der Waals surface area contributed by atoms with Crippen LogP contribution in [0, 0.1) is 0 Å². The molecule has 0 amide bonds. The zero-order valence-corrected chi connectivity index (χ0v) is 12.0. The van der Waals surface area contributed by atoms with Crippen LogP contribution < -0.4 is 11.3 Å². The van der Waals surface area contributed by atoms with Gasteiger partial charge >= 0.3 is 0 Å². The van der Waals surface area contributed by atoms with Gasteiger partial charge in [-0.05, 0) is 36.5 Å². The molecule has 1 heterocycles. The molecule has 3 rings (SSSR count). The van der Waals surface area contributed by atoms with E-state index >= 15 is 0 Å². The topological polar surface area (TPSA) is 48.0 Å². The van der Waals surface area contributed by atoms with Gasteiger partial charge in [0.1, 0.15) is 0 Å². The minimum atomic E-state index is -0.621. The molecule has 1 unspecified atom stereocenters. The minimum absolute atomic E-state index is 0.199. The van der Waals surface area contributed by atoms with E-state index in [1.165, 1.54) is 0 Å². The fraction of sp³-hybridized carbons (Fsp3) is 0.118. The van der Waals surface area contributed by atoms with Gasteiger partial charge in [-0.25, -0.2) is 0 Å². The van der Waals surface area contributed by atoms with E-state index in [1.54, 1.807) is 31.2 Å². The standard InChI is InChI=1S/C17H15ClN2O/c1-11(19)15-10-12-6-5-9-14(18)16(12)17(21)20(15)13-7-3-2-4-8-13/h2-11H,19H2,1H3/i2D,3D,4D,7D,8D. The summed E-state index contributed by atoms with van der Waals surface area (Å²) >= 11 is 6.18. The summed E-state index contributed by atoms with van der Waals surface area (Å²) < 4.78 is 40.8. The number of pyridine rings is 1. The quantitative estimate of drug-likeness (QED) is 0.785. The molecule has 4 heteroatoms. The molecule has 1 atom stereocenters. The van der Waals surface area contributed by atoms with Crippen molar-refractivity contribution in [3.8, 4) is 5.69 Å². The fourth-order valence-electron chi connectivity index (χ4n) is 2.26. The number of halogens is 1. The molecule has 1 aromatic heterocycles. The van der Waals surface area contributed by atoms with Gasteiger partial charge in [0.25, 0.3) is 5.56 Å². The summed E-state index contributed by atoms with van der Waals surface area (Å²) in [6.07, 6.45) is 0. The number of nitrogens with two attached hydrogens (primary N) is 1. The Labute approximate surface area is 134 Å². The lowest BCUT2D eigenvalue weighted by atomic mass is 10.1. The predicted octanol–water partition coefficient (Wildman–Crippen LogP) is 3.66. The second-order valence-electron chi connectivity index (χ2n) is 4.68. The van der Waals surface area contributed by atoms with Gasteiger partial charge in [-0.1, -0.05) is 41.9 Å². The van der Waals surface area contributed by atoms with Crippen molar-refractivity contribution in [3.05, 3.63) is 75.5 Å². The highest BCUT2D eigenvalue weighted by Gasteiger charge is 2.15. The van der Waals surface area contributed by atoms with Crippen molar-refractivity contribution in [2.75, 3.05) is 0 Å². The molecule has 3 aromatic rings. The molecule has 0 radical (unpaired) electrons. The summed E-state index contributed by atoms with van der Waals surface area (Å²) in [5.41, 5.74) is 5.51. The molecule has 0 spiro atoms. The zero-order chi connectivity index (χ0) is 19.3. The van der Waals surface area contributed by atoms with Crippen molar-refractivity contribution in [2.24, 2.45) is 5.73 Å². The number of fused-ring (bicyclic) bond motifs is 1. The highest BCUT2D eigenvalue weighted by molar-refractivity contribution is 6.35. The molecule has 106 valence electrons. The number of nitrogens with zero attached hydrogens (tertiary/aromatic N) is 1. The monoisotopic (exact) mass is 303 g/mol. The SMILES string of the molecule is [2H]c1c([2H])c([2H])c(-n2c(C(C)N)cc3cccc(Cl)c3c2=O)c([2H])c1[2H]. The fourth-order valence-corrected chi connectivity index (χ4v) is 2.52. The Balaban J connectivity index is 2.59. The van der Waals surface area contributed by atoms with E-state index in [4.69, 9.17) is 24.2 Å². The minimum Gasteiger partial charge on any atom is -0.323 e. The lowest BCUT2D eigenvalue weighted by Crippen LogP contribution is -2.25. The molecule has 2 N–H and O–H groups in total. The first-order valence-corrected chi connectivity index (χ1v) is 6.71. The number of aromatic nitrogens is 1. The Kier molecular flexibility index (Phi) is 2.30. The van der Waals surface area contributed by atoms with Crippen LogP contribution in [0.4, 0.5) is 0 Å². The van der Waals surface area contributed by atoms with Crippen LogP contribution in [0.1, 0.15) is 25.5 Å². The lowest BCUT2D eigenvalue weighted by molar-refractivity contribution is 0.734. The third-order valence-corrected chi connectivity index (χ3v) is 3.52. The predicted molar refractivity (Wildman–Crippen MR) is 87.2 cm³/mol. The first-order valence-electron chi connectivity index (χ1n) is 8.83. The van der Waals surface area contributed by atoms with Gasteiger partial charge in [0.2, 0.25) is 0 Å². The molecule has 3 nitrogen and oxygen atoms in total. The van der Waals surface area contributed by atoms with Gasteiger partial charge in [0.15, 0.2) is 0 Å². The van der Waals surface area contributed by atoms with Gasteiger partial charge in [0.05, 0.1) is 17.3 Å². The van der Waals surface area contributed by atoms with Crippen LogP contribution in [0.5, 0.6) is 0 Å². The molecule has 0 aliphatic carbocycles. The van der Waals surface area contributed by atoms with Gasteiger partial charge in [0, 0.05) is 17.4 Å². The smallest absolute Gasteiger partial charge is 0.264 e. The second-order valence-corrected chi connectivity index (χ2v) is 5.08. The Morgan fingerprint density at radius 1 is 1.29 bits per heavy atom. The van der Waals surface area contributed by atoms with Crippen LogP contribution in [0.2, 0.25) is 5.02 Å². The normalized spacial score (nSPS) is 15.9. The Morgan fingerprint density at radius 3 is 2.67 bits per heavy atom. The maximum Gasteiger partial charge on any atom is 0.264 e. The second kappa shape index (κ2) is 5.35. The van der Waals surface area contributed by atoms with E-state index < -0.39 is 41.8 Å². The molecule has 0 saturated heterocycles. The summed E-state index contributed by atoms with van der Waals surface area (Å²) in [4.78, 5) is 13.2. The van der Waals surface area contributed by atoms with Crippen molar-refractivity contribution >= 4 is 22.4 Å². The van der Waals surface area contributed by atoms with E-state index in [0.29, 0.717) is 11.1 Å². The summed E-state index contributed by atoms with van der Waals surface area (Å²) in [5.74, 6) is 0. The van der Waals surface area contributed by atoms with Crippen molar-refractivity contribution in [1.82, 2.24) is 4.57 Å². The molecule has 0 aliphatic rings. The molecule has 21 heavy (non-hydrogen) atoms. The molecule has 0 fully saturated rings. The van der Waals surface area contributed by atoms with Crippen LogP contribution in [-0.2, 0) is 0 Å². The van der Waals surface area contributed by atoms with Gasteiger partial charge in [-0.3, -0.25) is 9.36 Å². The third-order valence-electron chi connectivity index (χ3n) is 3.20. The molecule has 0 saturated carbocycles. The van der Waals surface area contributed by atoms with Crippen LogP contribution in [0.15, 0.2) is 59.3 Å². The van der Waals surface area contributed by atoms with Crippen LogP contribution in [-0.4, -0.2) is 4.57 Å². The van der Waals surface area contributed by atoms with Crippen molar-refractivity contribution in [3.63, 3.8) is 0 Å². The average Bonchev–Trinajstić information content (AvgIpc) is 2.59. The lowest BCUT2D eigenvalue weighted by Gasteiger charge is -2.17. The number of benzene rings is 2. The zero-order valence-electron chi connectivity index (χ0n) is 16.2. The van der Waals surface area contributed by atoms with Crippen LogP contribution in [0.3, 0.4) is 0 Å². The maximum atomic E-state index is 13.2. The van der Waals surface area contributed by atoms with E-state index in [1.807, 2.05) is 0 Å². The molecule has 2 aromatic carbocycles. The number of rotatable bonds is 2. The summed E-state index contributed by atoms with van der Waals surface area (Å²) in [5, 5.41) is 0.980. The largest absolute Gasteiger partial charge is 0.323 e. The number of hydrogen-bond acceptors (Lipinski definition) is 2. The van der Waals surface area contributed by atoms with E-state index in [-0.39, 0.29) is 16.1 Å². The van der Waals surface area contributed by atoms with Gasteiger partial charge in [-0.15, -0.1) is 0 Å². The van der Waals surface area contributed by atoms with Crippen molar-refractivity contribution in [1.29, 1.82) is 0 Å². The highest BCUT2D eigenvalue weighted by atomic mass is 35.5. The third kappa shape index (κ3) is 2.35.